The van der Waals surface area contributed by atoms with Gasteiger partial charge in [-0.25, -0.2) is 0 Å². The number of benzene rings is 1. The topological polar surface area (TPSA) is 62.7 Å². The molecule has 2 aliphatic rings. The Labute approximate surface area is 169 Å². The third kappa shape index (κ3) is 3.11. The number of amides is 2. The number of halogens is 1. The fourth-order valence-electron chi connectivity index (χ4n) is 4.04. The first kappa shape index (κ1) is 18.7. The molecule has 6 nitrogen and oxygen atoms in total. The number of carbonyl (C=O) groups is 2. The Bertz CT molecular complexity index is 960. The molecule has 2 amide bonds. The van der Waals surface area contributed by atoms with E-state index in [2.05, 4.69) is 4.98 Å². The minimum Gasteiger partial charge on any atom is -0.487 e. The third-order valence-electron chi connectivity index (χ3n) is 5.48. The van der Waals surface area contributed by atoms with Crippen LogP contribution in [0.2, 0.25) is 5.02 Å². The highest BCUT2D eigenvalue weighted by molar-refractivity contribution is 6.31. The molecule has 0 N–H and O–H groups in total. The van der Waals surface area contributed by atoms with E-state index in [0.717, 1.165) is 12.0 Å². The summed E-state index contributed by atoms with van der Waals surface area (Å²) in [5.41, 5.74) is 1.65. The van der Waals surface area contributed by atoms with Crippen LogP contribution in [0.15, 0.2) is 36.7 Å². The summed E-state index contributed by atoms with van der Waals surface area (Å²) < 4.78 is 6.04. The molecule has 1 unspecified atom stereocenters. The first-order chi connectivity index (χ1) is 13.3. The molecule has 0 bridgehead atoms. The third-order valence-corrected chi connectivity index (χ3v) is 5.72. The molecule has 1 aromatic carbocycles. The van der Waals surface area contributed by atoms with Gasteiger partial charge < -0.3 is 9.64 Å². The lowest BCUT2D eigenvalue weighted by Crippen LogP contribution is -2.39. The van der Waals surface area contributed by atoms with Crippen LogP contribution in [0, 0.1) is 0 Å². The highest BCUT2D eigenvalue weighted by atomic mass is 35.5. The van der Waals surface area contributed by atoms with E-state index in [1.165, 1.54) is 0 Å². The number of anilines is 1. The van der Waals surface area contributed by atoms with Crippen LogP contribution in [0.3, 0.4) is 0 Å². The van der Waals surface area contributed by atoms with Crippen molar-refractivity contribution < 1.29 is 14.3 Å². The van der Waals surface area contributed by atoms with Crippen molar-refractivity contribution in [3.8, 4) is 5.75 Å². The van der Waals surface area contributed by atoms with Crippen LogP contribution >= 0.6 is 11.6 Å². The van der Waals surface area contributed by atoms with Gasteiger partial charge in [0.05, 0.1) is 30.2 Å². The first-order valence-electron chi connectivity index (χ1n) is 9.29. The van der Waals surface area contributed by atoms with Gasteiger partial charge in [0.2, 0.25) is 5.91 Å². The molecule has 4 rings (SSSR count). The molecule has 7 heteroatoms. The number of hydrogen-bond acceptors (Lipinski definition) is 4. The van der Waals surface area contributed by atoms with Gasteiger partial charge in [0.25, 0.3) is 5.91 Å². The molecule has 0 radical (unpaired) electrons. The van der Waals surface area contributed by atoms with E-state index in [1.807, 2.05) is 26.0 Å². The Morgan fingerprint density at radius 2 is 2.07 bits per heavy atom. The van der Waals surface area contributed by atoms with Crippen molar-refractivity contribution in [2.45, 2.75) is 38.8 Å². The SMILES string of the molecule is CC(=O)N1CCC(Oc2cncc(N3C(=O)c4ccc(Cl)cc4C3(C)C)c2)C1. The molecule has 0 saturated carbocycles. The lowest BCUT2D eigenvalue weighted by Gasteiger charge is -2.32. The van der Waals surface area contributed by atoms with Crippen molar-refractivity contribution in [1.82, 2.24) is 9.88 Å². The predicted molar refractivity (Wildman–Crippen MR) is 107 cm³/mol. The maximum Gasteiger partial charge on any atom is 0.259 e. The van der Waals surface area contributed by atoms with Gasteiger partial charge in [-0.3, -0.25) is 19.5 Å². The van der Waals surface area contributed by atoms with Gasteiger partial charge in [-0.2, -0.15) is 0 Å². The zero-order valence-corrected chi connectivity index (χ0v) is 16.9. The Hall–Kier alpha value is -2.60. The number of carbonyl (C=O) groups excluding carboxylic acids is 2. The van der Waals surface area contributed by atoms with Crippen LogP contribution in [0.4, 0.5) is 5.69 Å². The van der Waals surface area contributed by atoms with Crippen LogP contribution in [-0.4, -0.2) is 40.9 Å². The Balaban J connectivity index is 1.60. The molecule has 28 heavy (non-hydrogen) atoms. The van der Waals surface area contributed by atoms with E-state index in [-0.39, 0.29) is 17.9 Å². The number of likely N-dealkylation sites (tertiary alicyclic amines) is 1. The molecule has 1 saturated heterocycles. The quantitative estimate of drug-likeness (QED) is 0.790. The monoisotopic (exact) mass is 399 g/mol. The summed E-state index contributed by atoms with van der Waals surface area (Å²) in [6, 6.07) is 7.18. The average molecular weight is 400 g/mol. The highest BCUT2D eigenvalue weighted by Crippen LogP contribution is 2.43. The van der Waals surface area contributed by atoms with Gasteiger partial charge in [-0.15, -0.1) is 0 Å². The van der Waals surface area contributed by atoms with Crippen LogP contribution in [0.5, 0.6) is 5.75 Å². The molecule has 146 valence electrons. The van der Waals surface area contributed by atoms with Gasteiger partial charge in [0.1, 0.15) is 11.9 Å². The van der Waals surface area contributed by atoms with E-state index in [4.69, 9.17) is 16.3 Å². The molecule has 1 fully saturated rings. The average Bonchev–Trinajstić information content (AvgIpc) is 3.17. The molecule has 2 aromatic rings. The van der Waals surface area contributed by atoms with Gasteiger partial charge in [-0.1, -0.05) is 11.6 Å². The van der Waals surface area contributed by atoms with Crippen LogP contribution in [0.25, 0.3) is 0 Å². The number of aromatic nitrogens is 1. The molecule has 3 heterocycles. The van der Waals surface area contributed by atoms with Crippen molar-refractivity contribution in [3.05, 3.63) is 52.8 Å². The van der Waals surface area contributed by atoms with Crippen molar-refractivity contribution in [2.75, 3.05) is 18.0 Å². The second-order valence-electron chi connectivity index (χ2n) is 7.76. The number of pyridine rings is 1. The number of rotatable bonds is 3. The number of nitrogens with zero attached hydrogens (tertiary/aromatic N) is 3. The number of ether oxygens (including phenoxy) is 1. The van der Waals surface area contributed by atoms with Crippen molar-refractivity contribution >= 4 is 29.1 Å². The summed E-state index contributed by atoms with van der Waals surface area (Å²) in [6.45, 7) is 6.80. The Kier molecular flexibility index (Phi) is 4.54. The molecular weight excluding hydrogens is 378 g/mol. The van der Waals surface area contributed by atoms with Crippen LogP contribution in [0.1, 0.15) is 43.1 Å². The van der Waals surface area contributed by atoms with Gasteiger partial charge >= 0.3 is 0 Å². The second-order valence-corrected chi connectivity index (χ2v) is 8.20. The largest absolute Gasteiger partial charge is 0.487 e. The van der Waals surface area contributed by atoms with Crippen LogP contribution < -0.4 is 9.64 Å². The molecular formula is C21H22ClN3O3. The Morgan fingerprint density at radius 3 is 2.79 bits per heavy atom. The van der Waals surface area contributed by atoms with Crippen molar-refractivity contribution in [1.29, 1.82) is 0 Å². The lowest BCUT2D eigenvalue weighted by molar-refractivity contribution is -0.128. The summed E-state index contributed by atoms with van der Waals surface area (Å²) in [4.78, 5) is 32.4. The van der Waals surface area contributed by atoms with Crippen molar-refractivity contribution in [2.24, 2.45) is 0 Å². The van der Waals surface area contributed by atoms with Gasteiger partial charge in [0.15, 0.2) is 0 Å². The second kappa shape index (κ2) is 6.78. The summed E-state index contributed by atoms with van der Waals surface area (Å²) in [5.74, 6) is 0.559. The smallest absolute Gasteiger partial charge is 0.259 e. The fourth-order valence-corrected chi connectivity index (χ4v) is 4.21. The van der Waals surface area contributed by atoms with Crippen molar-refractivity contribution in [3.63, 3.8) is 0 Å². The predicted octanol–water partition coefficient (Wildman–Crippen LogP) is 3.63. The maximum atomic E-state index is 13.1. The minimum absolute atomic E-state index is 0.0545. The number of hydrogen-bond donors (Lipinski definition) is 0. The summed E-state index contributed by atoms with van der Waals surface area (Å²) in [6.07, 6.45) is 4.01. The molecule has 1 aromatic heterocycles. The van der Waals surface area contributed by atoms with Gasteiger partial charge in [-0.05, 0) is 37.6 Å². The number of fused-ring (bicyclic) bond motifs is 1. The van der Waals surface area contributed by atoms with E-state index in [1.54, 1.807) is 41.2 Å². The Morgan fingerprint density at radius 1 is 1.29 bits per heavy atom. The fraction of sp³-hybridized carbons (Fsp3) is 0.381. The molecule has 2 aliphatic heterocycles. The maximum absolute atomic E-state index is 13.1. The summed E-state index contributed by atoms with van der Waals surface area (Å²) in [5, 5.41) is 0.605. The van der Waals surface area contributed by atoms with E-state index < -0.39 is 5.54 Å². The lowest BCUT2D eigenvalue weighted by atomic mass is 9.93. The normalized spacial score (nSPS) is 20.4. The van der Waals surface area contributed by atoms with Gasteiger partial charge in [0, 0.05) is 36.5 Å². The standard InChI is InChI=1S/C21H22ClN3O3/c1-13(26)24-7-6-16(12-24)28-17-9-15(10-23-11-17)25-20(27)18-5-4-14(22)8-19(18)21(25,2)3/h4-5,8-11,16H,6-7,12H2,1-3H3. The zero-order valence-electron chi connectivity index (χ0n) is 16.1. The van der Waals surface area contributed by atoms with Crippen LogP contribution in [-0.2, 0) is 10.3 Å². The first-order valence-corrected chi connectivity index (χ1v) is 9.67. The minimum atomic E-state index is -0.559. The van der Waals surface area contributed by atoms with E-state index in [9.17, 15) is 9.59 Å². The van der Waals surface area contributed by atoms with E-state index >= 15 is 0 Å². The molecule has 0 aliphatic carbocycles. The molecule has 1 atom stereocenters. The molecule has 0 spiro atoms. The summed E-state index contributed by atoms with van der Waals surface area (Å²) >= 11 is 6.16. The van der Waals surface area contributed by atoms with E-state index in [0.29, 0.717) is 35.1 Å². The zero-order chi connectivity index (χ0) is 20.1. The highest BCUT2D eigenvalue weighted by Gasteiger charge is 2.44. The summed E-state index contributed by atoms with van der Waals surface area (Å²) in [7, 11) is 0.